The molecule has 0 radical (unpaired) electrons. The maximum atomic E-state index is 12.1. The molecule has 0 aliphatic heterocycles. The van der Waals surface area contributed by atoms with E-state index in [1.807, 2.05) is 39.7 Å². The van der Waals surface area contributed by atoms with Crippen molar-refractivity contribution in [3.8, 4) is 11.5 Å². The number of carbonyl (C=O) groups excluding carboxylic acids is 1. The van der Waals surface area contributed by atoms with Crippen molar-refractivity contribution in [2.45, 2.75) is 25.9 Å². The molecule has 28 heavy (non-hydrogen) atoms. The van der Waals surface area contributed by atoms with Crippen molar-refractivity contribution in [1.82, 2.24) is 25.1 Å². The number of benzene rings is 1. The van der Waals surface area contributed by atoms with E-state index in [0.29, 0.717) is 31.2 Å². The number of nitrogens with zero attached hydrogens (tertiary/aromatic N) is 4. The molecule has 0 aliphatic rings. The second-order valence-electron chi connectivity index (χ2n) is 6.34. The quantitative estimate of drug-likeness (QED) is 0.496. The van der Waals surface area contributed by atoms with Crippen LogP contribution in [-0.4, -0.2) is 25.7 Å². The molecular formula is C20H19N5O2S. The zero-order valence-corrected chi connectivity index (χ0v) is 15.9. The van der Waals surface area contributed by atoms with E-state index in [0.717, 1.165) is 17.7 Å². The molecule has 0 aliphatic carbocycles. The molecule has 3 aromatic heterocycles. The van der Waals surface area contributed by atoms with Crippen molar-refractivity contribution in [3.05, 3.63) is 76.8 Å². The fourth-order valence-electron chi connectivity index (χ4n) is 2.72. The number of carbonyl (C=O) groups is 1. The summed E-state index contributed by atoms with van der Waals surface area (Å²) in [7, 11) is 0. The predicted octanol–water partition coefficient (Wildman–Crippen LogP) is 3.29. The Labute approximate surface area is 166 Å². The van der Waals surface area contributed by atoms with Crippen LogP contribution in [0.5, 0.6) is 0 Å². The molecule has 8 heteroatoms. The first kappa shape index (κ1) is 18.1. The number of rotatable bonds is 8. The van der Waals surface area contributed by atoms with Crippen molar-refractivity contribution in [3.63, 3.8) is 0 Å². The summed E-state index contributed by atoms with van der Waals surface area (Å²) >= 11 is 1.57. The SMILES string of the molecule is O=C(CCc1nnc(-c2ccsc2)o1)NCc1ccc(Cn2ccnc2)cc1. The van der Waals surface area contributed by atoms with Gasteiger partial charge in [-0.25, -0.2) is 4.98 Å². The van der Waals surface area contributed by atoms with Gasteiger partial charge in [0.25, 0.3) is 0 Å². The molecule has 4 aromatic rings. The number of imidazole rings is 1. The van der Waals surface area contributed by atoms with Gasteiger partial charge in [-0.15, -0.1) is 10.2 Å². The Morgan fingerprint density at radius 2 is 2.00 bits per heavy atom. The molecule has 0 saturated heterocycles. The highest BCUT2D eigenvalue weighted by Gasteiger charge is 2.10. The van der Waals surface area contributed by atoms with Gasteiger partial charge in [0.1, 0.15) is 0 Å². The van der Waals surface area contributed by atoms with E-state index < -0.39 is 0 Å². The number of aromatic nitrogens is 4. The van der Waals surface area contributed by atoms with Gasteiger partial charge in [0.05, 0.1) is 6.33 Å². The van der Waals surface area contributed by atoms with Crippen LogP contribution >= 0.6 is 11.3 Å². The molecule has 0 atom stereocenters. The van der Waals surface area contributed by atoms with Crippen molar-refractivity contribution >= 4 is 17.2 Å². The summed E-state index contributed by atoms with van der Waals surface area (Å²) in [6.45, 7) is 1.28. The molecule has 0 spiro atoms. The van der Waals surface area contributed by atoms with E-state index in [2.05, 4.69) is 32.6 Å². The molecule has 142 valence electrons. The molecule has 1 N–H and O–H groups in total. The van der Waals surface area contributed by atoms with Gasteiger partial charge in [-0.2, -0.15) is 11.3 Å². The standard InChI is InChI=1S/C20H19N5O2S/c26-18(5-6-19-23-24-20(27-19)17-7-10-28-13-17)22-11-15-1-3-16(4-2-15)12-25-9-8-21-14-25/h1-4,7-10,13-14H,5-6,11-12H2,(H,22,26). The van der Waals surface area contributed by atoms with E-state index in [1.165, 1.54) is 5.56 Å². The van der Waals surface area contributed by atoms with Gasteiger partial charge in [-0.3, -0.25) is 4.79 Å². The Morgan fingerprint density at radius 1 is 1.14 bits per heavy atom. The van der Waals surface area contributed by atoms with Crippen LogP contribution in [0.25, 0.3) is 11.5 Å². The van der Waals surface area contributed by atoms with E-state index in [-0.39, 0.29) is 5.91 Å². The largest absolute Gasteiger partial charge is 0.421 e. The number of hydrogen-bond donors (Lipinski definition) is 1. The highest BCUT2D eigenvalue weighted by molar-refractivity contribution is 7.08. The van der Waals surface area contributed by atoms with Gasteiger partial charge < -0.3 is 14.3 Å². The van der Waals surface area contributed by atoms with Gasteiger partial charge in [-0.1, -0.05) is 24.3 Å². The van der Waals surface area contributed by atoms with E-state index in [1.54, 1.807) is 23.9 Å². The monoisotopic (exact) mass is 393 g/mol. The zero-order chi connectivity index (χ0) is 19.2. The van der Waals surface area contributed by atoms with Crippen LogP contribution in [0.1, 0.15) is 23.4 Å². The maximum Gasteiger partial charge on any atom is 0.248 e. The fraction of sp³-hybridized carbons (Fsp3) is 0.200. The molecule has 7 nitrogen and oxygen atoms in total. The number of nitrogens with one attached hydrogen (secondary N) is 1. The molecule has 0 unspecified atom stereocenters. The summed E-state index contributed by atoms with van der Waals surface area (Å²) in [4.78, 5) is 16.1. The highest BCUT2D eigenvalue weighted by Crippen LogP contribution is 2.20. The van der Waals surface area contributed by atoms with Gasteiger partial charge in [-0.05, 0) is 22.6 Å². The summed E-state index contributed by atoms with van der Waals surface area (Å²) in [6, 6.07) is 10.1. The third-order valence-electron chi connectivity index (χ3n) is 4.24. The number of aryl methyl sites for hydroxylation is 1. The second-order valence-corrected chi connectivity index (χ2v) is 7.12. The zero-order valence-electron chi connectivity index (χ0n) is 15.1. The van der Waals surface area contributed by atoms with E-state index >= 15 is 0 Å². The topological polar surface area (TPSA) is 85.8 Å². The van der Waals surface area contributed by atoms with Crippen LogP contribution in [0.2, 0.25) is 0 Å². The minimum atomic E-state index is -0.0437. The lowest BCUT2D eigenvalue weighted by Crippen LogP contribution is -2.23. The summed E-state index contributed by atoms with van der Waals surface area (Å²) in [6.07, 6.45) is 6.22. The molecule has 3 heterocycles. The van der Waals surface area contributed by atoms with Crippen molar-refractivity contribution < 1.29 is 9.21 Å². The van der Waals surface area contributed by atoms with Crippen LogP contribution in [0.4, 0.5) is 0 Å². The van der Waals surface area contributed by atoms with Gasteiger partial charge >= 0.3 is 0 Å². The Bertz CT molecular complexity index is 1010. The lowest BCUT2D eigenvalue weighted by atomic mass is 10.1. The third kappa shape index (κ3) is 4.72. The first-order valence-electron chi connectivity index (χ1n) is 8.91. The summed E-state index contributed by atoms with van der Waals surface area (Å²) < 4.78 is 7.61. The normalized spacial score (nSPS) is 10.9. The van der Waals surface area contributed by atoms with Gasteiger partial charge in [0.2, 0.25) is 17.7 Å². The molecular weight excluding hydrogens is 374 g/mol. The molecule has 4 rings (SSSR count). The second kappa shape index (κ2) is 8.62. The average Bonchev–Trinajstić information content (AvgIpc) is 3.48. The summed E-state index contributed by atoms with van der Waals surface area (Å²) in [5, 5.41) is 14.9. The Balaban J connectivity index is 1.22. The molecule has 0 fully saturated rings. The van der Waals surface area contributed by atoms with Crippen molar-refractivity contribution in [2.75, 3.05) is 0 Å². The first-order valence-corrected chi connectivity index (χ1v) is 9.86. The van der Waals surface area contributed by atoms with Crippen LogP contribution in [0.15, 0.2) is 64.2 Å². The van der Waals surface area contributed by atoms with E-state index in [4.69, 9.17) is 4.42 Å². The summed E-state index contributed by atoms with van der Waals surface area (Å²) in [5.74, 6) is 0.922. The molecule has 1 aromatic carbocycles. The van der Waals surface area contributed by atoms with Crippen LogP contribution in [-0.2, 0) is 24.3 Å². The average molecular weight is 393 g/mol. The van der Waals surface area contributed by atoms with Gasteiger partial charge in [0.15, 0.2) is 0 Å². The Hall–Kier alpha value is -3.26. The lowest BCUT2D eigenvalue weighted by Gasteiger charge is -2.07. The van der Waals surface area contributed by atoms with Crippen LogP contribution in [0, 0.1) is 0 Å². The third-order valence-corrected chi connectivity index (χ3v) is 4.92. The van der Waals surface area contributed by atoms with E-state index in [9.17, 15) is 4.79 Å². The molecule has 0 bridgehead atoms. The summed E-state index contributed by atoms with van der Waals surface area (Å²) in [5.41, 5.74) is 3.15. The Morgan fingerprint density at radius 3 is 2.75 bits per heavy atom. The van der Waals surface area contributed by atoms with Gasteiger partial charge in [0, 0.05) is 49.3 Å². The predicted molar refractivity (Wildman–Crippen MR) is 106 cm³/mol. The lowest BCUT2D eigenvalue weighted by molar-refractivity contribution is -0.121. The van der Waals surface area contributed by atoms with Crippen LogP contribution < -0.4 is 5.32 Å². The minimum Gasteiger partial charge on any atom is -0.421 e. The fourth-order valence-corrected chi connectivity index (χ4v) is 3.35. The maximum absolute atomic E-state index is 12.1. The number of amides is 1. The smallest absolute Gasteiger partial charge is 0.248 e. The first-order chi connectivity index (χ1) is 13.8. The molecule has 0 saturated carbocycles. The highest BCUT2D eigenvalue weighted by atomic mass is 32.1. The van der Waals surface area contributed by atoms with Crippen molar-refractivity contribution in [2.24, 2.45) is 0 Å². The van der Waals surface area contributed by atoms with Crippen molar-refractivity contribution in [1.29, 1.82) is 0 Å². The van der Waals surface area contributed by atoms with Crippen LogP contribution in [0.3, 0.4) is 0 Å². The number of hydrogen-bond acceptors (Lipinski definition) is 6. The Kier molecular flexibility index (Phi) is 5.58. The minimum absolute atomic E-state index is 0.0437. The molecule has 1 amide bonds. The number of thiophene rings is 1.